The molecule has 2 rings (SSSR count). The molecule has 1 saturated heterocycles. The van der Waals surface area contributed by atoms with Gasteiger partial charge in [0.2, 0.25) is 10.0 Å². The third kappa shape index (κ3) is 5.65. The summed E-state index contributed by atoms with van der Waals surface area (Å²) >= 11 is 0. The Labute approximate surface area is 127 Å². The maximum absolute atomic E-state index is 12.1. The number of rotatable bonds is 7. The Morgan fingerprint density at radius 3 is 2.95 bits per heavy atom. The van der Waals surface area contributed by atoms with E-state index in [-0.39, 0.29) is 5.75 Å². The lowest BCUT2D eigenvalue weighted by molar-refractivity contribution is 0.185. The number of hydrogen-bond acceptors (Lipinski definition) is 4. The Hall–Kier alpha value is -1.11. The summed E-state index contributed by atoms with van der Waals surface area (Å²) < 4.78 is 32.0. The number of hydrogen-bond donors (Lipinski definition) is 2. The summed E-state index contributed by atoms with van der Waals surface area (Å²) in [6.07, 6.45) is 4.10. The van der Waals surface area contributed by atoms with Crippen LogP contribution in [0, 0.1) is 0 Å². The summed E-state index contributed by atoms with van der Waals surface area (Å²) in [6, 6.07) is 7.63. The van der Waals surface area contributed by atoms with E-state index in [0.29, 0.717) is 24.8 Å². The van der Waals surface area contributed by atoms with E-state index in [1.165, 1.54) is 12.8 Å². The predicted octanol–water partition coefficient (Wildman–Crippen LogP) is 2.11. The summed E-state index contributed by atoms with van der Waals surface area (Å²) in [5.74, 6) is 0.152. The molecule has 0 spiro atoms. The number of anilines is 1. The van der Waals surface area contributed by atoms with Crippen LogP contribution in [0.4, 0.5) is 5.69 Å². The average molecular weight is 312 g/mol. The van der Waals surface area contributed by atoms with E-state index < -0.39 is 10.0 Å². The zero-order valence-corrected chi connectivity index (χ0v) is 13.3. The summed E-state index contributed by atoms with van der Waals surface area (Å²) in [7, 11) is -1.68. The minimum absolute atomic E-state index is 0.152. The SMILES string of the molecule is COCc1cccc(NS(=O)(=O)CCC2CCCCN2)c1. The van der Waals surface area contributed by atoms with Crippen molar-refractivity contribution in [1.29, 1.82) is 0 Å². The van der Waals surface area contributed by atoms with E-state index in [0.717, 1.165) is 18.5 Å². The van der Waals surface area contributed by atoms with Crippen LogP contribution in [0.1, 0.15) is 31.2 Å². The van der Waals surface area contributed by atoms with Gasteiger partial charge < -0.3 is 10.1 Å². The highest BCUT2D eigenvalue weighted by atomic mass is 32.2. The molecule has 1 aromatic rings. The first-order valence-corrected chi connectivity index (χ1v) is 9.06. The van der Waals surface area contributed by atoms with Crippen LogP contribution in [0.3, 0.4) is 0 Å². The van der Waals surface area contributed by atoms with E-state index in [2.05, 4.69) is 10.0 Å². The lowest BCUT2D eigenvalue weighted by atomic mass is 10.0. The summed E-state index contributed by atoms with van der Waals surface area (Å²) in [4.78, 5) is 0. The highest BCUT2D eigenvalue weighted by Crippen LogP contribution is 2.15. The fourth-order valence-corrected chi connectivity index (χ4v) is 3.77. The van der Waals surface area contributed by atoms with Crippen LogP contribution in [-0.4, -0.2) is 33.9 Å². The number of sulfonamides is 1. The molecule has 1 aromatic carbocycles. The minimum Gasteiger partial charge on any atom is -0.380 e. The molecular weight excluding hydrogens is 288 g/mol. The van der Waals surface area contributed by atoms with Gasteiger partial charge in [0.05, 0.1) is 12.4 Å². The zero-order chi connectivity index (χ0) is 15.1. The van der Waals surface area contributed by atoms with Crippen LogP contribution in [-0.2, 0) is 21.4 Å². The molecule has 21 heavy (non-hydrogen) atoms. The smallest absolute Gasteiger partial charge is 0.232 e. The van der Waals surface area contributed by atoms with E-state index in [1.54, 1.807) is 19.2 Å². The monoisotopic (exact) mass is 312 g/mol. The van der Waals surface area contributed by atoms with Crippen LogP contribution in [0.15, 0.2) is 24.3 Å². The van der Waals surface area contributed by atoms with Crippen molar-refractivity contribution in [2.24, 2.45) is 0 Å². The standard InChI is InChI=1S/C15H24N2O3S/c1-20-12-13-5-4-7-15(11-13)17-21(18,19)10-8-14-6-2-3-9-16-14/h4-5,7,11,14,16-17H,2-3,6,8-10,12H2,1H3. The van der Waals surface area contributed by atoms with Crippen LogP contribution in [0.5, 0.6) is 0 Å². The van der Waals surface area contributed by atoms with Gasteiger partial charge in [-0.15, -0.1) is 0 Å². The van der Waals surface area contributed by atoms with E-state index in [1.807, 2.05) is 12.1 Å². The van der Waals surface area contributed by atoms with Gasteiger partial charge in [-0.2, -0.15) is 0 Å². The van der Waals surface area contributed by atoms with Crippen LogP contribution >= 0.6 is 0 Å². The second-order valence-electron chi connectivity index (χ2n) is 5.49. The van der Waals surface area contributed by atoms with Gasteiger partial charge in [-0.1, -0.05) is 18.6 Å². The molecule has 1 aliphatic heterocycles. The average Bonchev–Trinajstić information content (AvgIpc) is 2.47. The highest BCUT2D eigenvalue weighted by molar-refractivity contribution is 7.92. The Kier molecular flexibility index (Phi) is 6.02. The van der Waals surface area contributed by atoms with Crippen molar-refractivity contribution in [1.82, 2.24) is 5.32 Å². The summed E-state index contributed by atoms with van der Waals surface area (Å²) in [5.41, 5.74) is 1.55. The second-order valence-corrected chi connectivity index (χ2v) is 7.33. The maximum atomic E-state index is 12.1. The first-order chi connectivity index (χ1) is 10.1. The summed E-state index contributed by atoms with van der Waals surface area (Å²) in [6.45, 7) is 1.47. The number of methoxy groups -OCH3 is 1. The van der Waals surface area contributed by atoms with Gasteiger partial charge in [0.1, 0.15) is 0 Å². The highest BCUT2D eigenvalue weighted by Gasteiger charge is 2.17. The van der Waals surface area contributed by atoms with Crippen LogP contribution in [0.2, 0.25) is 0 Å². The molecule has 0 saturated carbocycles. The Morgan fingerprint density at radius 1 is 1.38 bits per heavy atom. The van der Waals surface area contributed by atoms with Crippen molar-refractivity contribution in [2.45, 2.75) is 38.3 Å². The van der Waals surface area contributed by atoms with Crippen molar-refractivity contribution in [2.75, 3.05) is 24.1 Å². The topological polar surface area (TPSA) is 67.4 Å². The first kappa shape index (κ1) is 16.3. The third-order valence-electron chi connectivity index (χ3n) is 3.66. The first-order valence-electron chi connectivity index (χ1n) is 7.41. The lowest BCUT2D eigenvalue weighted by Gasteiger charge is -2.23. The molecule has 1 heterocycles. The number of ether oxygens (including phenoxy) is 1. The van der Waals surface area contributed by atoms with Crippen molar-refractivity contribution in [3.05, 3.63) is 29.8 Å². The fourth-order valence-electron chi connectivity index (χ4n) is 2.59. The molecule has 118 valence electrons. The van der Waals surface area contributed by atoms with Gasteiger partial charge in [-0.3, -0.25) is 4.72 Å². The quantitative estimate of drug-likeness (QED) is 0.809. The largest absolute Gasteiger partial charge is 0.380 e. The van der Waals surface area contributed by atoms with Crippen molar-refractivity contribution in [3.8, 4) is 0 Å². The molecule has 5 nitrogen and oxygen atoms in total. The van der Waals surface area contributed by atoms with Crippen molar-refractivity contribution in [3.63, 3.8) is 0 Å². The second kappa shape index (κ2) is 7.77. The molecular formula is C15H24N2O3S. The number of benzene rings is 1. The molecule has 2 N–H and O–H groups in total. The third-order valence-corrected chi connectivity index (χ3v) is 4.98. The summed E-state index contributed by atoms with van der Waals surface area (Å²) in [5, 5.41) is 3.37. The van der Waals surface area contributed by atoms with Crippen LogP contribution < -0.4 is 10.0 Å². The molecule has 1 aliphatic rings. The van der Waals surface area contributed by atoms with Gasteiger partial charge in [0.15, 0.2) is 0 Å². The minimum atomic E-state index is -3.30. The lowest BCUT2D eigenvalue weighted by Crippen LogP contribution is -2.36. The Balaban J connectivity index is 1.89. The van der Waals surface area contributed by atoms with Gasteiger partial charge in [-0.05, 0) is 43.5 Å². The maximum Gasteiger partial charge on any atom is 0.232 e. The number of nitrogens with one attached hydrogen (secondary N) is 2. The Morgan fingerprint density at radius 2 is 2.24 bits per heavy atom. The molecule has 1 fully saturated rings. The van der Waals surface area contributed by atoms with Crippen molar-refractivity contribution >= 4 is 15.7 Å². The van der Waals surface area contributed by atoms with Crippen LogP contribution in [0.25, 0.3) is 0 Å². The fraction of sp³-hybridized carbons (Fsp3) is 0.600. The molecule has 6 heteroatoms. The van der Waals surface area contributed by atoms with Gasteiger partial charge in [0, 0.05) is 18.8 Å². The van der Waals surface area contributed by atoms with Gasteiger partial charge in [0.25, 0.3) is 0 Å². The van der Waals surface area contributed by atoms with E-state index in [4.69, 9.17) is 4.74 Å². The zero-order valence-electron chi connectivity index (χ0n) is 12.5. The van der Waals surface area contributed by atoms with E-state index >= 15 is 0 Å². The van der Waals surface area contributed by atoms with Gasteiger partial charge >= 0.3 is 0 Å². The molecule has 0 aliphatic carbocycles. The molecule has 0 bridgehead atoms. The normalized spacial score (nSPS) is 19.4. The predicted molar refractivity (Wildman–Crippen MR) is 84.8 cm³/mol. The Bertz CT molecular complexity index is 540. The van der Waals surface area contributed by atoms with E-state index in [9.17, 15) is 8.42 Å². The van der Waals surface area contributed by atoms with Crippen molar-refractivity contribution < 1.29 is 13.2 Å². The molecule has 0 amide bonds. The molecule has 0 radical (unpaired) electrons. The number of piperidine rings is 1. The molecule has 1 atom stereocenters. The van der Waals surface area contributed by atoms with Gasteiger partial charge in [-0.25, -0.2) is 8.42 Å². The molecule has 0 aromatic heterocycles. The molecule has 1 unspecified atom stereocenters.